The molecule has 0 radical (unpaired) electrons. The summed E-state index contributed by atoms with van der Waals surface area (Å²) in [6.07, 6.45) is 7.01. The molecule has 7 nitrogen and oxygen atoms in total. The lowest BCUT2D eigenvalue weighted by molar-refractivity contribution is -0.118. The maximum Gasteiger partial charge on any atom is 0.262 e. The molecule has 1 fully saturated rings. The summed E-state index contributed by atoms with van der Waals surface area (Å²) in [4.78, 5) is 12.0. The van der Waals surface area contributed by atoms with Gasteiger partial charge in [-0.25, -0.2) is 0 Å². The summed E-state index contributed by atoms with van der Waals surface area (Å²) in [5, 5.41) is 7.05. The lowest BCUT2D eigenvalue weighted by Crippen LogP contribution is -2.24. The number of amides is 1. The molecule has 0 spiro atoms. The van der Waals surface area contributed by atoms with E-state index in [4.69, 9.17) is 14.2 Å². The molecule has 1 aliphatic heterocycles. The Kier molecular flexibility index (Phi) is 5.90. The molecule has 3 rings (SSSR count). The Bertz CT molecular complexity index is 695. The highest BCUT2D eigenvalue weighted by Crippen LogP contribution is 2.19. The number of hydrogen-bond donors (Lipinski definition) is 1. The molecule has 1 aromatic heterocycles. The zero-order chi connectivity index (χ0) is 17.5. The smallest absolute Gasteiger partial charge is 0.262 e. The predicted octanol–water partition coefficient (Wildman–Crippen LogP) is 2.48. The lowest BCUT2D eigenvalue weighted by Gasteiger charge is -2.22. The lowest BCUT2D eigenvalue weighted by atomic mass is 10.1. The van der Waals surface area contributed by atoms with E-state index in [-0.39, 0.29) is 18.6 Å². The number of carbonyl (C=O) groups is 1. The second-order valence-electron chi connectivity index (χ2n) is 5.96. The van der Waals surface area contributed by atoms with Gasteiger partial charge < -0.3 is 19.5 Å². The molecule has 1 aliphatic rings. The van der Waals surface area contributed by atoms with Crippen LogP contribution in [0.1, 0.15) is 19.3 Å². The van der Waals surface area contributed by atoms with Crippen molar-refractivity contribution in [1.29, 1.82) is 0 Å². The van der Waals surface area contributed by atoms with Gasteiger partial charge in [-0.1, -0.05) is 6.07 Å². The first-order valence-electron chi connectivity index (χ1n) is 8.44. The van der Waals surface area contributed by atoms with Crippen LogP contribution < -0.4 is 14.8 Å². The van der Waals surface area contributed by atoms with Crippen LogP contribution in [0, 0.1) is 0 Å². The number of anilines is 1. The van der Waals surface area contributed by atoms with Crippen molar-refractivity contribution in [3.63, 3.8) is 0 Å². The molecular formula is C18H23N3O4. The Morgan fingerprint density at radius 3 is 3.08 bits per heavy atom. The standard InChI is InChI=1S/C18H23N3O4/c1-23-15-6-4-7-16(9-15)25-13-18(22)20-14-10-19-21(11-14)12-17-5-2-3-8-24-17/h4,6-7,9-11,17H,2-3,5,8,12-13H2,1H3,(H,20,22). The van der Waals surface area contributed by atoms with Gasteiger partial charge in [-0.2, -0.15) is 5.10 Å². The van der Waals surface area contributed by atoms with E-state index >= 15 is 0 Å². The molecule has 1 saturated heterocycles. The Morgan fingerprint density at radius 2 is 2.28 bits per heavy atom. The van der Waals surface area contributed by atoms with Crippen molar-refractivity contribution in [2.75, 3.05) is 25.6 Å². The third-order valence-electron chi connectivity index (χ3n) is 3.99. The third kappa shape index (κ3) is 5.22. The molecule has 1 unspecified atom stereocenters. The number of hydrogen-bond acceptors (Lipinski definition) is 5. The second kappa shape index (κ2) is 8.53. The molecule has 1 N–H and O–H groups in total. The van der Waals surface area contributed by atoms with Gasteiger partial charge in [-0.3, -0.25) is 9.48 Å². The number of nitrogens with one attached hydrogen (secondary N) is 1. The number of rotatable bonds is 7. The summed E-state index contributed by atoms with van der Waals surface area (Å²) in [6, 6.07) is 7.13. The molecule has 2 heterocycles. The van der Waals surface area contributed by atoms with E-state index in [1.165, 1.54) is 6.42 Å². The molecule has 134 valence electrons. The number of aromatic nitrogens is 2. The van der Waals surface area contributed by atoms with Crippen molar-refractivity contribution in [2.45, 2.75) is 31.9 Å². The highest BCUT2D eigenvalue weighted by molar-refractivity contribution is 5.91. The summed E-state index contributed by atoms with van der Waals surface area (Å²) in [5.41, 5.74) is 0.648. The number of carbonyl (C=O) groups excluding carboxylic acids is 1. The molecule has 0 saturated carbocycles. The molecule has 25 heavy (non-hydrogen) atoms. The third-order valence-corrected chi connectivity index (χ3v) is 3.99. The molecular weight excluding hydrogens is 322 g/mol. The van der Waals surface area contributed by atoms with Gasteiger partial charge >= 0.3 is 0 Å². The second-order valence-corrected chi connectivity index (χ2v) is 5.96. The Morgan fingerprint density at radius 1 is 1.40 bits per heavy atom. The molecule has 7 heteroatoms. The number of methoxy groups -OCH3 is 1. The van der Waals surface area contributed by atoms with Crippen molar-refractivity contribution in [1.82, 2.24) is 9.78 Å². The molecule has 1 amide bonds. The summed E-state index contributed by atoms with van der Waals surface area (Å²) in [5.74, 6) is 1.03. The van der Waals surface area contributed by atoms with Crippen molar-refractivity contribution in [3.05, 3.63) is 36.7 Å². The van der Waals surface area contributed by atoms with Gasteiger partial charge in [-0.05, 0) is 31.4 Å². The van der Waals surface area contributed by atoms with Gasteiger partial charge in [0.2, 0.25) is 0 Å². The Balaban J connectivity index is 1.46. The highest BCUT2D eigenvalue weighted by atomic mass is 16.5. The first-order chi connectivity index (χ1) is 12.2. The van der Waals surface area contributed by atoms with Crippen LogP contribution in [-0.4, -0.2) is 42.1 Å². The number of nitrogens with zero attached hydrogens (tertiary/aromatic N) is 2. The van der Waals surface area contributed by atoms with Crippen LogP contribution >= 0.6 is 0 Å². The topological polar surface area (TPSA) is 74.6 Å². The van der Waals surface area contributed by atoms with Gasteiger partial charge in [0.25, 0.3) is 5.91 Å². The average molecular weight is 345 g/mol. The zero-order valence-electron chi connectivity index (χ0n) is 14.3. The van der Waals surface area contributed by atoms with Gasteiger partial charge in [-0.15, -0.1) is 0 Å². The predicted molar refractivity (Wildman–Crippen MR) is 92.9 cm³/mol. The van der Waals surface area contributed by atoms with Crippen molar-refractivity contribution in [3.8, 4) is 11.5 Å². The number of ether oxygens (including phenoxy) is 3. The van der Waals surface area contributed by atoms with Crippen molar-refractivity contribution < 1.29 is 19.0 Å². The molecule has 0 bridgehead atoms. The maximum absolute atomic E-state index is 12.0. The fourth-order valence-corrected chi connectivity index (χ4v) is 2.72. The minimum Gasteiger partial charge on any atom is -0.497 e. The van der Waals surface area contributed by atoms with Crippen LogP contribution in [0.4, 0.5) is 5.69 Å². The molecule has 0 aliphatic carbocycles. The van der Waals surface area contributed by atoms with Crippen LogP contribution in [0.5, 0.6) is 11.5 Å². The summed E-state index contributed by atoms with van der Waals surface area (Å²) in [6.45, 7) is 1.44. The minimum atomic E-state index is -0.240. The fraction of sp³-hybridized carbons (Fsp3) is 0.444. The monoisotopic (exact) mass is 345 g/mol. The van der Waals surface area contributed by atoms with Crippen molar-refractivity contribution >= 4 is 11.6 Å². The highest BCUT2D eigenvalue weighted by Gasteiger charge is 2.15. The van der Waals surface area contributed by atoms with Gasteiger partial charge in [0, 0.05) is 18.9 Å². The van der Waals surface area contributed by atoms with Crippen LogP contribution in [-0.2, 0) is 16.1 Å². The van der Waals surface area contributed by atoms with E-state index in [0.717, 1.165) is 19.4 Å². The molecule has 1 atom stereocenters. The van der Waals surface area contributed by atoms with Crippen LogP contribution in [0.3, 0.4) is 0 Å². The van der Waals surface area contributed by atoms with Gasteiger partial charge in [0.1, 0.15) is 11.5 Å². The number of benzene rings is 1. The van der Waals surface area contributed by atoms with Crippen molar-refractivity contribution in [2.24, 2.45) is 0 Å². The fourth-order valence-electron chi connectivity index (χ4n) is 2.72. The van der Waals surface area contributed by atoms with E-state index in [2.05, 4.69) is 10.4 Å². The van der Waals surface area contributed by atoms with Gasteiger partial charge in [0.15, 0.2) is 6.61 Å². The summed E-state index contributed by atoms with van der Waals surface area (Å²) < 4.78 is 18.1. The summed E-state index contributed by atoms with van der Waals surface area (Å²) in [7, 11) is 1.59. The normalized spacial score (nSPS) is 17.1. The minimum absolute atomic E-state index is 0.0793. The maximum atomic E-state index is 12.0. The van der Waals surface area contributed by atoms with E-state index in [0.29, 0.717) is 23.7 Å². The Hall–Kier alpha value is -2.54. The SMILES string of the molecule is COc1cccc(OCC(=O)Nc2cnn(CC3CCCCO3)c2)c1. The largest absolute Gasteiger partial charge is 0.497 e. The van der Waals surface area contributed by atoms with Crippen LogP contribution in [0.25, 0.3) is 0 Å². The van der Waals surface area contributed by atoms with Gasteiger partial charge in [0.05, 0.1) is 31.6 Å². The summed E-state index contributed by atoms with van der Waals surface area (Å²) >= 11 is 0. The zero-order valence-corrected chi connectivity index (χ0v) is 14.3. The van der Waals surface area contributed by atoms with E-state index < -0.39 is 0 Å². The Labute approximate surface area is 146 Å². The quantitative estimate of drug-likeness (QED) is 0.834. The first-order valence-corrected chi connectivity index (χ1v) is 8.44. The van der Waals surface area contributed by atoms with E-state index in [1.54, 1.807) is 36.3 Å². The molecule has 1 aromatic carbocycles. The van der Waals surface area contributed by atoms with Crippen LogP contribution in [0.15, 0.2) is 36.7 Å². The van der Waals surface area contributed by atoms with Crippen LogP contribution in [0.2, 0.25) is 0 Å². The average Bonchev–Trinajstić information content (AvgIpc) is 3.08. The van der Waals surface area contributed by atoms with E-state index in [9.17, 15) is 4.79 Å². The first kappa shape index (κ1) is 17.3. The molecule has 2 aromatic rings. The van der Waals surface area contributed by atoms with E-state index in [1.807, 2.05) is 12.1 Å².